The van der Waals surface area contributed by atoms with E-state index in [9.17, 15) is 14.3 Å². The second-order valence-corrected chi connectivity index (χ2v) is 11.8. The first-order valence-corrected chi connectivity index (χ1v) is 14.9. The van der Waals surface area contributed by atoms with Gasteiger partial charge in [-0.3, -0.25) is 4.90 Å². The summed E-state index contributed by atoms with van der Waals surface area (Å²) in [5.74, 6) is 0.785. The Morgan fingerprint density at radius 1 is 1.16 bits per heavy atom. The molecule has 1 N–H and O–H groups in total. The number of para-hydroxylation sites is 1. The Balaban J connectivity index is 1.10. The van der Waals surface area contributed by atoms with Crippen LogP contribution in [-0.2, 0) is 17.8 Å². The molecule has 0 saturated carbocycles. The molecule has 43 heavy (non-hydrogen) atoms. The van der Waals surface area contributed by atoms with Gasteiger partial charge in [-0.2, -0.15) is 0 Å². The summed E-state index contributed by atoms with van der Waals surface area (Å²) in [6.07, 6.45) is 0.500. The third-order valence-corrected chi connectivity index (χ3v) is 8.86. The van der Waals surface area contributed by atoms with Crippen LogP contribution in [-0.4, -0.2) is 70.5 Å². The van der Waals surface area contributed by atoms with Crippen LogP contribution in [0, 0.1) is 5.82 Å². The molecule has 1 aromatic heterocycles. The Labute approximate surface area is 253 Å². The highest BCUT2D eigenvalue weighted by Crippen LogP contribution is 2.44. The van der Waals surface area contributed by atoms with Gasteiger partial charge in [0, 0.05) is 42.9 Å². The molecule has 7 rings (SSSR count). The van der Waals surface area contributed by atoms with E-state index in [-0.39, 0.29) is 24.3 Å². The Morgan fingerprint density at radius 3 is 2.77 bits per heavy atom. The average Bonchev–Trinajstić information content (AvgIpc) is 3.31. The Morgan fingerprint density at radius 2 is 2.02 bits per heavy atom. The van der Waals surface area contributed by atoms with Gasteiger partial charge in [0.15, 0.2) is 17.6 Å². The van der Waals surface area contributed by atoms with E-state index in [1.807, 2.05) is 18.2 Å². The van der Waals surface area contributed by atoms with Crippen LogP contribution in [0.15, 0.2) is 54.6 Å². The molecule has 2 saturated heterocycles. The van der Waals surface area contributed by atoms with Gasteiger partial charge < -0.3 is 28.8 Å². The summed E-state index contributed by atoms with van der Waals surface area (Å²) in [4.78, 5) is 21.3. The number of ether oxygens (including phenoxy) is 3. The molecule has 3 aliphatic rings. The average molecular weight is 607 g/mol. The van der Waals surface area contributed by atoms with E-state index < -0.39 is 17.9 Å². The number of anilines is 1. The molecule has 0 radical (unpaired) electrons. The van der Waals surface area contributed by atoms with E-state index >= 15 is 0 Å². The number of hydrogen-bond donors (Lipinski definition) is 1. The topological polar surface area (TPSA) is 89.3 Å². The number of hydrogen-bond acceptors (Lipinski definition) is 7. The van der Waals surface area contributed by atoms with Gasteiger partial charge in [-0.25, -0.2) is 14.2 Å². The number of halogens is 2. The number of imidazole rings is 1. The van der Waals surface area contributed by atoms with E-state index in [0.717, 1.165) is 55.2 Å². The van der Waals surface area contributed by atoms with Crippen molar-refractivity contribution in [3.8, 4) is 11.5 Å². The van der Waals surface area contributed by atoms with E-state index in [2.05, 4.69) is 21.3 Å². The molecule has 0 amide bonds. The zero-order chi connectivity index (χ0) is 29.7. The van der Waals surface area contributed by atoms with E-state index in [4.69, 9.17) is 30.8 Å². The lowest BCUT2D eigenvalue weighted by molar-refractivity contribution is -0.0592. The van der Waals surface area contributed by atoms with Gasteiger partial charge in [0.1, 0.15) is 18.2 Å². The molecule has 3 aromatic carbocycles. The van der Waals surface area contributed by atoms with Crippen molar-refractivity contribution < 1.29 is 28.5 Å². The van der Waals surface area contributed by atoms with Crippen LogP contribution in [0.1, 0.15) is 41.2 Å². The molecule has 224 valence electrons. The quantitative estimate of drug-likeness (QED) is 0.293. The van der Waals surface area contributed by atoms with Gasteiger partial charge in [0.2, 0.25) is 0 Å². The fourth-order valence-electron chi connectivity index (χ4n) is 6.14. The zero-order valence-corrected chi connectivity index (χ0v) is 24.5. The van der Waals surface area contributed by atoms with Crippen molar-refractivity contribution in [3.63, 3.8) is 0 Å². The van der Waals surface area contributed by atoms with Crippen molar-refractivity contribution in [2.24, 2.45) is 0 Å². The summed E-state index contributed by atoms with van der Waals surface area (Å²) in [7, 11) is 0. The molecule has 11 heteroatoms. The molecule has 0 spiro atoms. The van der Waals surface area contributed by atoms with Crippen LogP contribution in [0.3, 0.4) is 0 Å². The lowest BCUT2D eigenvalue weighted by atomic mass is 10.1. The molecule has 0 bridgehead atoms. The molecular formula is C32H32ClFN4O5. The fraction of sp³-hybridized carbons (Fsp3) is 0.375. The highest BCUT2D eigenvalue weighted by molar-refractivity contribution is 6.30. The number of carboxylic acids is 1. The van der Waals surface area contributed by atoms with Crippen molar-refractivity contribution in [2.45, 2.75) is 44.7 Å². The molecule has 4 aromatic rings. The summed E-state index contributed by atoms with van der Waals surface area (Å²) in [5.41, 5.74) is 3.17. The molecule has 9 nitrogen and oxygen atoms in total. The van der Waals surface area contributed by atoms with Gasteiger partial charge in [-0.1, -0.05) is 23.7 Å². The summed E-state index contributed by atoms with van der Waals surface area (Å²) >= 11 is 5.96. The number of piperazine rings is 1. The highest BCUT2D eigenvalue weighted by atomic mass is 35.5. The second kappa shape index (κ2) is 11.3. The summed E-state index contributed by atoms with van der Waals surface area (Å²) < 4.78 is 35.0. The van der Waals surface area contributed by atoms with Crippen molar-refractivity contribution in [1.29, 1.82) is 0 Å². The monoisotopic (exact) mass is 606 g/mol. The van der Waals surface area contributed by atoms with E-state index in [1.54, 1.807) is 30.3 Å². The molecule has 0 aliphatic carbocycles. The summed E-state index contributed by atoms with van der Waals surface area (Å²) in [6, 6.07) is 15.7. The van der Waals surface area contributed by atoms with Crippen LogP contribution in [0.2, 0.25) is 5.02 Å². The minimum atomic E-state index is -0.956. The number of fused-ring (bicyclic) bond motifs is 2. The SMILES string of the molecule is CC1CN(c2cccc3c2OC(c2ccc(Cl)cc2F)CO3)CCN1Cc1nc2ccc(C(=O)O)cc2n1CC1CCO1. The minimum absolute atomic E-state index is 0.107. The Kier molecular flexibility index (Phi) is 7.36. The van der Waals surface area contributed by atoms with Crippen molar-refractivity contribution in [3.05, 3.63) is 82.4 Å². The number of rotatable bonds is 7. The maximum Gasteiger partial charge on any atom is 0.335 e. The van der Waals surface area contributed by atoms with Crippen molar-refractivity contribution >= 4 is 34.3 Å². The predicted molar refractivity (Wildman–Crippen MR) is 160 cm³/mol. The van der Waals surface area contributed by atoms with Gasteiger partial charge in [0.25, 0.3) is 0 Å². The smallest absolute Gasteiger partial charge is 0.335 e. The molecule has 3 atom stereocenters. The number of carbonyl (C=O) groups is 1. The number of nitrogens with zero attached hydrogens (tertiary/aromatic N) is 4. The summed E-state index contributed by atoms with van der Waals surface area (Å²) in [5, 5.41) is 9.89. The second-order valence-electron chi connectivity index (χ2n) is 11.4. The summed E-state index contributed by atoms with van der Waals surface area (Å²) in [6.45, 7) is 6.70. The third kappa shape index (κ3) is 5.39. The lowest BCUT2D eigenvalue weighted by Gasteiger charge is -2.42. The standard InChI is InChI=1S/C32H32ClFN4O5/c1-19-15-37(26-3-2-4-28-31(26)43-29(18-42-28)23-7-6-21(33)14-24(23)34)11-10-36(19)17-30-35-25-8-5-20(32(39)40)13-27(25)38(30)16-22-9-12-41-22/h2-8,13-14,19,22,29H,9-12,15-18H2,1H3,(H,39,40). The number of carboxylic acid groups (broad SMARTS) is 1. The predicted octanol–water partition coefficient (Wildman–Crippen LogP) is 5.54. The fourth-order valence-corrected chi connectivity index (χ4v) is 6.29. The molecule has 3 unspecified atom stereocenters. The Bertz CT molecular complexity index is 1690. The van der Waals surface area contributed by atoms with Gasteiger partial charge in [0.05, 0.1) is 41.5 Å². The van der Waals surface area contributed by atoms with Gasteiger partial charge >= 0.3 is 5.97 Å². The maximum absolute atomic E-state index is 14.7. The molecule has 2 fully saturated rings. The molecular weight excluding hydrogens is 575 g/mol. The Hall–Kier alpha value is -3.86. The first kappa shape index (κ1) is 27.9. The first-order chi connectivity index (χ1) is 20.8. The third-order valence-electron chi connectivity index (χ3n) is 8.62. The number of aromatic nitrogens is 2. The maximum atomic E-state index is 14.7. The number of benzene rings is 3. The van der Waals surface area contributed by atoms with E-state index in [1.165, 1.54) is 6.07 Å². The van der Waals surface area contributed by atoms with Gasteiger partial charge in [-0.05, 0) is 55.8 Å². The minimum Gasteiger partial charge on any atom is -0.485 e. The molecule has 4 heterocycles. The zero-order valence-electron chi connectivity index (χ0n) is 23.7. The largest absolute Gasteiger partial charge is 0.485 e. The van der Waals surface area contributed by atoms with Crippen LogP contribution in [0.4, 0.5) is 10.1 Å². The van der Waals surface area contributed by atoms with Gasteiger partial charge in [-0.15, -0.1) is 0 Å². The highest BCUT2D eigenvalue weighted by Gasteiger charge is 2.32. The lowest BCUT2D eigenvalue weighted by Crippen LogP contribution is -2.52. The number of aromatic carboxylic acids is 1. The van der Waals surface area contributed by atoms with Crippen molar-refractivity contribution in [2.75, 3.05) is 37.7 Å². The first-order valence-electron chi connectivity index (χ1n) is 14.5. The van der Waals surface area contributed by atoms with Crippen LogP contribution >= 0.6 is 11.6 Å². The molecule has 3 aliphatic heterocycles. The van der Waals surface area contributed by atoms with Crippen LogP contribution < -0.4 is 14.4 Å². The normalized spacial score (nSPS) is 22.0. The van der Waals surface area contributed by atoms with Crippen LogP contribution in [0.25, 0.3) is 11.0 Å². The van der Waals surface area contributed by atoms with Crippen LogP contribution in [0.5, 0.6) is 11.5 Å². The van der Waals surface area contributed by atoms with E-state index in [0.29, 0.717) is 35.2 Å². The van der Waals surface area contributed by atoms with Crippen molar-refractivity contribution in [1.82, 2.24) is 14.5 Å².